The van der Waals surface area contributed by atoms with Crippen LogP contribution >= 0.6 is 11.8 Å². The molecule has 2 aromatic rings. The van der Waals surface area contributed by atoms with E-state index in [1.54, 1.807) is 11.8 Å². The number of nitrogens with zero attached hydrogens (tertiary/aromatic N) is 2. The van der Waals surface area contributed by atoms with Crippen molar-refractivity contribution in [2.75, 3.05) is 5.73 Å². The van der Waals surface area contributed by atoms with E-state index in [9.17, 15) is 0 Å². The molecule has 1 heterocycles. The summed E-state index contributed by atoms with van der Waals surface area (Å²) in [5.74, 6) is 2.26. The van der Waals surface area contributed by atoms with E-state index in [2.05, 4.69) is 22.1 Å². The lowest BCUT2D eigenvalue weighted by atomic mass is 10.2. The number of anilines is 1. The van der Waals surface area contributed by atoms with E-state index in [1.165, 1.54) is 5.56 Å². The van der Waals surface area contributed by atoms with Crippen LogP contribution in [0, 0.1) is 0 Å². The Balaban J connectivity index is 2.06. The third-order valence-electron chi connectivity index (χ3n) is 2.31. The monoisotopic (exact) mass is 245 g/mol. The number of nitrogen functional groups attached to an aromatic ring is 1. The zero-order chi connectivity index (χ0) is 12.1. The number of rotatable bonds is 4. The molecule has 0 saturated heterocycles. The molecular formula is C13H15N3S. The number of aromatic nitrogens is 2. The van der Waals surface area contributed by atoms with Gasteiger partial charge in [0, 0.05) is 18.2 Å². The van der Waals surface area contributed by atoms with E-state index < -0.39 is 0 Å². The highest BCUT2D eigenvalue weighted by atomic mass is 32.2. The first-order chi connectivity index (χ1) is 8.28. The number of aryl methyl sites for hydroxylation is 1. The lowest BCUT2D eigenvalue weighted by molar-refractivity contribution is 0.894. The summed E-state index contributed by atoms with van der Waals surface area (Å²) in [5.41, 5.74) is 7.02. The van der Waals surface area contributed by atoms with Crippen molar-refractivity contribution in [1.29, 1.82) is 0 Å². The van der Waals surface area contributed by atoms with E-state index in [0.717, 1.165) is 23.0 Å². The van der Waals surface area contributed by atoms with Gasteiger partial charge in [-0.15, -0.1) is 11.8 Å². The highest BCUT2D eigenvalue weighted by molar-refractivity contribution is 7.98. The first-order valence-corrected chi connectivity index (χ1v) is 6.56. The second kappa shape index (κ2) is 5.68. The van der Waals surface area contributed by atoms with Crippen LogP contribution in [0.3, 0.4) is 0 Å². The zero-order valence-electron chi connectivity index (χ0n) is 9.76. The Morgan fingerprint density at radius 3 is 2.65 bits per heavy atom. The molecule has 0 aliphatic rings. The van der Waals surface area contributed by atoms with E-state index in [4.69, 9.17) is 5.73 Å². The van der Waals surface area contributed by atoms with Gasteiger partial charge in [-0.05, 0) is 5.56 Å². The van der Waals surface area contributed by atoms with Crippen molar-refractivity contribution in [3.63, 3.8) is 0 Å². The van der Waals surface area contributed by atoms with Gasteiger partial charge in [-0.25, -0.2) is 9.97 Å². The number of hydrogen-bond donors (Lipinski definition) is 1. The van der Waals surface area contributed by atoms with E-state index >= 15 is 0 Å². The predicted octanol–water partition coefficient (Wildman–Crippen LogP) is 2.91. The smallest absolute Gasteiger partial charge is 0.131 e. The van der Waals surface area contributed by atoms with Crippen molar-refractivity contribution in [2.45, 2.75) is 24.1 Å². The summed E-state index contributed by atoms with van der Waals surface area (Å²) in [7, 11) is 0. The lowest BCUT2D eigenvalue weighted by Gasteiger charge is -2.04. The number of thioether (sulfide) groups is 1. The summed E-state index contributed by atoms with van der Waals surface area (Å²) in [5, 5.41) is 0.943. The van der Waals surface area contributed by atoms with Crippen molar-refractivity contribution in [3.8, 4) is 0 Å². The minimum absolute atomic E-state index is 0.549. The van der Waals surface area contributed by atoms with Crippen LogP contribution in [0.5, 0.6) is 0 Å². The molecule has 0 bridgehead atoms. The Morgan fingerprint density at radius 1 is 1.18 bits per heavy atom. The number of nitrogens with two attached hydrogens (primary N) is 1. The molecule has 1 aromatic carbocycles. The van der Waals surface area contributed by atoms with Gasteiger partial charge in [0.15, 0.2) is 0 Å². The van der Waals surface area contributed by atoms with Gasteiger partial charge in [0.1, 0.15) is 16.7 Å². The fourth-order valence-electron chi connectivity index (χ4n) is 1.46. The molecule has 0 spiro atoms. The molecule has 0 amide bonds. The van der Waals surface area contributed by atoms with Crippen LogP contribution in [-0.4, -0.2) is 9.97 Å². The van der Waals surface area contributed by atoms with E-state index in [0.29, 0.717) is 5.82 Å². The van der Waals surface area contributed by atoms with Crippen molar-refractivity contribution in [2.24, 2.45) is 0 Å². The Kier molecular flexibility index (Phi) is 3.98. The summed E-state index contributed by atoms with van der Waals surface area (Å²) >= 11 is 1.69. The first kappa shape index (κ1) is 11.9. The molecule has 17 heavy (non-hydrogen) atoms. The van der Waals surface area contributed by atoms with Crippen molar-refractivity contribution in [1.82, 2.24) is 9.97 Å². The van der Waals surface area contributed by atoms with Gasteiger partial charge in [-0.2, -0.15) is 0 Å². The van der Waals surface area contributed by atoms with Crippen LogP contribution in [-0.2, 0) is 12.2 Å². The van der Waals surface area contributed by atoms with Gasteiger partial charge in [-0.1, -0.05) is 37.3 Å². The zero-order valence-corrected chi connectivity index (χ0v) is 10.6. The predicted molar refractivity (Wildman–Crippen MR) is 71.8 cm³/mol. The van der Waals surface area contributed by atoms with Gasteiger partial charge >= 0.3 is 0 Å². The van der Waals surface area contributed by atoms with Crippen LogP contribution in [0.25, 0.3) is 0 Å². The van der Waals surface area contributed by atoms with Gasteiger partial charge in [-0.3, -0.25) is 0 Å². The SMILES string of the molecule is CCc1nc(N)cc(SCc2ccccc2)n1. The molecule has 2 rings (SSSR count). The quantitative estimate of drug-likeness (QED) is 0.664. The maximum Gasteiger partial charge on any atom is 0.131 e. The summed E-state index contributed by atoms with van der Waals surface area (Å²) < 4.78 is 0. The van der Waals surface area contributed by atoms with E-state index in [1.807, 2.05) is 31.2 Å². The van der Waals surface area contributed by atoms with Gasteiger partial charge in [0.2, 0.25) is 0 Å². The Bertz CT molecular complexity index is 485. The molecule has 0 aliphatic carbocycles. The van der Waals surface area contributed by atoms with Crippen LogP contribution in [0.1, 0.15) is 18.3 Å². The third kappa shape index (κ3) is 3.46. The number of benzene rings is 1. The van der Waals surface area contributed by atoms with E-state index in [-0.39, 0.29) is 0 Å². The molecule has 0 saturated carbocycles. The lowest BCUT2D eigenvalue weighted by Crippen LogP contribution is -1.99. The normalized spacial score (nSPS) is 10.4. The Morgan fingerprint density at radius 2 is 1.94 bits per heavy atom. The van der Waals surface area contributed by atoms with Crippen molar-refractivity contribution < 1.29 is 0 Å². The summed E-state index contributed by atoms with van der Waals surface area (Å²) in [6.45, 7) is 2.03. The minimum atomic E-state index is 0.549. The summed E-state index contributed by atoms with van der Waals surface area (Å²) in [6, 6.07) is 12.2. The molecular weight excluding hydrogens is 230 g/mol. The average Bonchev–Trinajstić information content (AvgIpc) is 2.37. The van der Waals surface area contributed by atoms with Crippen LogP contribution < -0.4 is 5.73 Å². The second-order valence-electron chi connectivity index (χ2n) is 3.68. The Labute approximate surface area is 105 Å². The largest absolute Gasteiger partial charge is 0.384 e. The molecule has 4 heteroatoms. The highest BCUT2D eigenvalue weighted by Gasteiger charge is 2.02. The molecule has 3 nitrogen and oxygen atoms in total. The molecule has 2 N–H and O–H groups in total. The first-order valence-electron chi connectivity index (χ1n) is 5.58. The average molecular weight is 245 g/mol. The molecule has 0 atom stereocenters. The maximum atomic E-state index is 5.74. The summed E-state index contributed by atoms with van der Waals surface area (Å²) in [6.07, 6.45) is 0.809. The van der Waals surface area contributed by atoms with Crippen LogP contribution in [0.2, 0.25) is 0 Å². The third-order valence-corrected chi connectivity index (χ3v) is 3.30. The Hall–Kier alpha value is -1.55. The minimum Gasteiger partial charge on any atom is -0.384 e. The molecule has 0 radical (unpaired) electrons. The van der Waals surface area contributed by atoms with Crippen LogP contribution in [0.15, 0.2) is 41.4 Å². The maximum absolute atomic E-state index is 5.74. The van der Waals surface area contributed by atoms with Crippen LogP contribution in [0.4, 0.5) is 5.82 Å². The highest BCUT2D eigenvalue weighted by Crippen LogP contribution is 2.22. The number of hydrogen-bond acceptors (Lipinski definition) is 4. The van der Waals surface area contributed by atoms with Crippen molar-refractivity contribution in [3.05, 3.63) is 47.8 Å². The standard InChI is InChI=1S/C13H15N3S/c1-2-12-15-11(14)8-13(16-12)17-9-10-6-4-3-5-7-10/h3-8H,2,9H2,1H3,(H2,14,15,16). The van der Waals surface area contributed by atoms with Gasteiger partial charge in [0.05, 0.1) is 0 Å². The molecule has 88 valence electrons. The van der Waals surface area contributed by atoms with Gasteiger partial charge < -0.3 is 5.73 Å². The fourth-order valence-corrected chi connectivity index (χ4v) is 2.34. The van der Waals surface area contributed by atoms with Crippen molar-refractivity contribution >= 4 is 17.6 Å². The molecule has 0 aliphatic heterocycles. The molecule has 1 aromatic heterocycles. The topological polar surface area (TPSA) is 51.8 Å². The summed E-state index contributed by atoms with van der Waals surface area (Å²) in [4.78, 5) is 8.60. The second-order valence-corrected chi connectivity index (χ2v) is 4.67. The molecule has 0 fully saturated rings. The molecule has 0 unspecified atom stereocenters. The fraction of sp³-hybridized carbons (Fsp3) is 0.231. The van der Waals surface area contributed by atoms with Gasteiger partial charge in [0.25, 0.3) is 0 Å².